The molecule has 6 atom stereocenters. The molecule has 2 amide bonds. The molecule has 4 fully saturated rings. The molecule has 200 valence electrons. The van der Waals surface area contributed by atoms with Gasteiger partial charge in [-0.05, 0) is 120 Å². The number of hydrogen-bond donors (Lipinski definition) is 4. The highest BCUT2D eigenvalue weighted by molar-refractivity contribution is 5.79. The summed E-state index contributed by atoms with van der Waals surface area (Å²) in [6.45, 7) is 4.67. The quantitative estimate of drug-likeness (QED) is 0.448. The van der Waals surface area contributed by atoms with Gasteiger partial charge in [0.05, 0.1) is 0 Å². The summed E-state index contributed by atoms with van der Waals surface area (Å²) in [4.78, 5) is 25.6. The van der Waals surface area contributed by atoms with E-state index in [1.54, 1.807) is 0 Å². The number of hydrogen-bond acceptors (Lipinski definition) is 4. The molecule has 4 saturated carbocycles. The first-order valence-corrected chi connectivity index (χ1v) is 14.9. The third-order valence-corrected chi connectivity index (χ3v) is 10.2. The fourth-order valence-electron chi connectivity index (χ4n) is 7.71. The maximum absolute atomic E-state index is 12.8. The Bertz CT molecular complexity index is 641. The molecule has 4 rings (SSSR count). The van der Waals surface area contributed by atoms with Gasteiger partial charge in [-0.15, -0.1) is 0 Å². The lowest BCUT2D eigenvalue weighted by molar-refractivity contribution is -0.128. The molecule has 35 heavy (non-hydrogen) atoms. The van der Waals surface area contributed by atoms with Crippen LogP contribution in [0.25, 0.3) is 0 Å². The molecule has 4 aliphatic carbocycles. The Morgan fingerprint density at radius 1 is 0.600 bits per heavy atom. The van der Waals surface area contributed by atoms with Gasteiger partial charge in [-0.25, -0.2) is 0 Å². The summed E-state index contributed by atoms with van der Waals surface area (Å²) < 4.78 is 0. The Kier molecular flexibility index (Phi) is 9.54. The Morgan fingerprint density at radius 3 is 1.31 bits per heavy atom. The van der Waals surface area contributed by atoms with E-state index in [-0.39, 0.29) is 23.7 Å². The summed E-state index contributed by atoms with van der Waals surface area (Å²) in [7, 11) is 0. The average Bonchev–Trinajstić information content (AvgIpc) is 2.83. The molecule has 0 heterocycles. The zero-order chi connectivity index (χ0) is 24.9. The van der Waals surface area contributed by atoms with Crippen LogP contribution in [0, 0.1) is 35.5 Å². The summed E-state index contributed by atoms with van der Waals surface area (Å²) in [6, 6.07) is 1.26. The Hall–Kier alpha value is -1.14. The minimum absolute atomic E-state index is 0.174. The second-order valence-electron chi connectivity index (χ2n) is 13.0. The van der Waals surface area contributed by atoms with Gasteiger partial charge in [0, 0.05) is 36.0 Å². The first kappa shape index (κ1) is 26.9. The van der Waals surface area contributed by atoms with Crippen molar-refractivity contribution in [2.75, 3.05) is 0 Å². The van der Waals surface area contributed by atoms with Gasteiger partial charge in [-0.2, -0.15) is 0 Å². The average molecular weight is 489 g/mol. The molecular weight excluding hydrogens is 436 g/mol. The molecule has 0 aromatic rings. The molecule has 4 aliphatic rings. The Morgan fingerprint density at radius 2 is 0.971 bits per heavy atom. The van der Waals surface area contributed by atoms with E-state index < -0.39 is 0 Å². The van der Waals surface area contributed by atoms with E-state index in [0.29, 0.717) is 36.0 Å². The van der Waals surface area contributed by atoms with Gasteiger partial charge < -0.3 is 22.1 Å². The lowest BCUT2D eigenvalue weighted by Crippen LogP contribution is -2.47. The topological polar surface area (TPSA) is 110 Å². The summed E-state index contributed by atoms with van der Waals surface area (Å²) >= 11 is 0. The van der Waals surface area contributed by atoms with Gasteiger partial charge in [0.15, 0.2) is 0 Å². The van der Waals surface area contributed by atoms with Crippen LogP contribution in [-0.2, 0) is 9.59 Å². The maximum Gasteiger partial charge on any atom is 0.223 e. The third kappa shape index (κ3) is 7.44. The van der Waals surface area contributed by atoms with Crippen molar-refractivity contribution in [2.45, 2.75) is 134 Å². The number of carbonyl (C=O) groups excluding carboxylic acids is 2. The maximum atomic E-state index is 12.8. The van der Waals surface area contributed by atoms with E-state index >= 15 is 0 Å². The molecule has 0 spiro atoms. The van der Waals surface area contributed by atoms with Crippen LogP contribution in [0.2, 0.25) is 0 Å². The fraction of sp³-hybridized carbons (Fsp3) is 0.931. The number of nitrogens with one attached hydrogen (secondary N) is 2. The molecule has 0 bridgehead atoms. The largest absolute Gasteiger partial charge is 0.353 e. The van der Waals surface area contributed by atoms with E-state index in [4.69, 9.17) is 11.5 Å². The van der Waals surface area contributed by atoms with Gasteiger partial charge in [0.25, 0.3) is 0 Å². The summed E-state index contributed by atoms with van der Waals surface area (Å²) in [5.41, 5.74) is 12.0. The van der Waals surface area contributed by atoms with Gasteiger partial charge in [-0.3, -0.25) is 9.59 Å². The molecular formula is C29H52N4O2. The molecule has 6 heteroatoms. The molecule has 6 nitrogen and oxygen atoms in total. The normalized spacial score (nSPS) is 42.7. The van der Waals surface area contributed by atoms with Crippen LogP contribution in [0.1, 0.15) is 110 Å². The van der Waals surface area contributed by atoms with Crippen molar-refractivity contribution in [3.8, 4) is 0 Å². The second kappa shape index (κ2) is 12.4. The van der Waals surface area contributed by atoms with Crippen LogP contribution in [0.4, 0.5) is 0 Å². The summed E-state index contributed by atoms with van der Waals surface area (Å²) in [5.74, 6) is 3.57. The van der Waals surface area contributed by atoms with E-state index in [2.05, 4.69) is 24.5 Å². The molecule has 6 N–H and O–H groups in total. The van der Waals surface area contributed by atoms with Crippen LogP contribution in [0.3, 0.4) is 0 Å². The predicted molar refractivity (Wildman–Crippen MR) is 141 cm³/mol. The number of amides is 2. The molecule has 0 aromatic heterocycles. The zero-order valence-electron chi connectivity index (χ0n) is 22.4. The number of carbonyl (C=O) groups is 2. The van der Waals surface area contributed by atoms with Crippen molar-refractivity contribution in [3.63, 3.8) is 0 Å². The van der Waals surface area contributed by atoms with E-state index in [1.165, 1.54) is 32.1 Å². The Balaban J connectivity index is 1.16. The van der Waals surface area contributed by atoms with Crippen LogP contribution < -0.4 is 22.1 Å². The van der Waals surface area contributed by atoms with E-state index in [0.717, 1.165) is 76.0 Å². The van der Waals surface area contributed by atoms with E-state index in [1.807, 2.05) is 0 Å². The predicted octanol–water partition coefficient (Wildman–Crippen LogP) is 4.25. The molecule has 0 aromatic carbocycles. The van der Waals surface area contributed by atoms with Gasteiger partial charge in [0.1, 0.15) is 0 Å². The molecule has 0 saturated heterocycles. The highest BCUT2D eigenvalue weighted by Gasteiger charge is 2.35. The van der Waals surface area contributed by atoms with Gasteiger partial charge in [-0.1, -0.05) is 13.8 Å². The molecule has 6 unspecified atom stereocenters. The van der Waals surface area contributed by atoms with Crippen molar-refractivity contribution in [3.05, 3.63) is 0 Å². The van der Waals surface area contributed by atoms with Gasteiger partial charge in [0.2, 0.25) is 11.8 Å². The van der Waals surface area contributed by atoms with Crippen LogP contribution in [0.5, 0.6) is 0 Å². The first-order chi connectivity index (χ1) is 16.8. The number of nitrogens with two attached hydrogens (primary N) is 2. The zero-order valence-corrected chi connectivity index (χ0v) is 22.4. The highest BCUT2D eigenvalue weighted by atomic mass is 16.2. The highest BCUT2D eigenvalue weighted by Crippen LogP contribution is 2.39. The molecule has 0 aliphatic heterocycles. The lowest BCUT2D eigenvalue weighted by atomic mass is 9.70. The smallest absolute Gasteiger partial charge is 0.223 e. The number of rotatable bonds is 6. The summed E-state index contributed by atoms with van der Waals surface area (Å²) in [6.07, 6.45) is 16.2. The van der Waals surface area contributed by atoms with Crippen molar-refractivity contribution in [2.24, 2.45) is 47.0 Å². The summed E-state index contributed by atoms with van der Waals surface area (Å²) in [5, 5.41) is 6.82. The monoisotopic (exact) mass is 488 g/mol. The van der Waals surface area contributed by atoms with E-state index in [9.17, 15) is 9.59 Å². The van der Waals surface area contributed by atoms with Gasteiger partial charge >= 0.3 is 0 Å². The SMILES string of the molecule is CC1CC(CC2CCC(NC(=O)C3CCC(N)CC3)C(C)C2)CCC1NC(=O)C1CCC(N)CC1. The van der Waals surface area contributed by atoms with Crippen molar-refractivity contribution >= 4 is 11.8 Å². The minimum atomic E-state index is 0.174. The molecule has 0 radical (unpaired) electrons. The standard InChI is InChI=1S/C29H52N4O2/c1-18-15-20(3-13-26(18)32-28(34)22-5-9-24(30)10-6-22)17-21-4-14-27(19(2)16-21)33-29(35)23-7-11-25(31)12-8-23/h18-27H,3-17,30-31H2,1-2H3,(H,32,34)(H,33,35). The fourth-order valence-corrected chi connectivity index (χ4v) is 7.71. The van der Waals surface area contributed by atoms with Crippen molar-refractivity contribution < 1.29 is 9.59 Å². The van der Waals surface area contributed by atoms with Crippen LogP contribution in [-0.4, -0.2) is 36.0 Å². The minimum Gasteiger partial charge on any atom is -0.353 e. The second-order valence-corrected chi connectivity index (χ2v) is 13.0. The van der Waals surface area contributed by atoms with Crippen molar-refractivity contribution in [1.82, 2.24) is 10.6 Å². The lowest BCUT2D eigenvalue weighted by Gasteiger charge is -2.40. The first-order valence-electron chi connectivity index (χ1n) is 14.9. The van der Waals surface area contributed by atoms with Crippen molar-refractivity contribution in [1.29, 1.82) is 0 Å². The Labute approximate surface area is 213 Å². The third-order valence-electron chi connectivity index (χ3n) is 10.2. The van der Waals surface area contributed by atoms with Crippen LogP contribution >= 0.6 is 0 Å². The van der Waals surface area contributed by atoms with Crippen LogP contribution in [0.15, 0.2) is 0 Å².